The van der Waals surface area contributed by atoms with E-state index < -0.39 is 0 Å². The van der Waals surface area contributed by atoms with E-state index in [2.05, 4.69) is 35.1 Å². The smallest absolute Gasteiger partial charge is 0.268 e. The average Bonchev–Trinajstić information content (AvgIpc) is 2.59. The SMILES string of the molecule is CC(C)n1cc(Br)cc1C(=O)NCCN(C)C. The maximum absolute atomic E-state index is 12.0. The second kappa shape index (κ2) is 6.21. The highest BCUT2D eigenvalue weighted by Crippen LogP contribution is 2.19. The molecule has 0 aliphatic rings. The Morgan fingerprint density at radius 1 is 1.53 bits per heavy atom. The Labute approximate surface area is 111 Å². The van der Waals surface area contributed by atoms with Crippen LogP contribution in [0.3, 0.4) is 0 Å². The Bertz CT molecular complexity index is 385. The first-order valence-electron chi connectivity index (χ1n) is 5.72. The second-order valence-electron chi connectivity index (χ2n) is 4.60. The summed E-state index contributed by atoms with van der Waals surface area (Å²) < 4.78 is 2.90. The summed E-state index contributed by atoms with van der Waals surface area (Å²) in [4.78, 5) is 14.0. The number of likely N-dealkylation sites (N-methyl/N-ethyl adjacent to an activating group) is 1. The first kappa shape index (κ1) is 14.3. The summed E-state index contributed by atoms with van der Waals surface area (Å²) in [5, 5.41) is 2.92. The van der Waals surface area contributed by atoms with Crippen molar-refractivity contribution in [2.75, 3.05) is 27.2 Å². The van der Waals surface area contributed by atoms with Crippen LogP contribution in [0.2, 0.25) is 0 Å². The van der Waals surface area contributed by atoms with E-state index in [1.54, 1.807) is 0 Å². The molecule has 17 heavy (non-hydrogen) atoms. The van der Waals surface area contributed by atoms with Gasteiger partial charge in [-0.3, -0.25) is 4.79 Å². The molecular weight excluding hydrogens is 282 g/mol. The lowest BCUT2D eigenvalue weighted by Gasteiger charge is -2.14. The van der Waals surface area contributed by atoms with Crippen molar-refractivity contribution in [3.05, 3.63) is 22.4 Å². The van der Waals surface area contributed by atoms with Gasteiger partial charge in [0.25, 0.3) is 5.91 Å². The van der Waals surface area contributed by atoms with Crippen LogP contribution in [-0.2, 0) is 0 Å². The van der Waals surface area contributed by atoms with Gasteiger partial charge in [-0.25, -0.2) is 0 Å². The molecule has 1 N–H and O–H groups in total. The first-order chi connectivity index (χ1) is 7.91. The molecule has 4 nitrogen and oxygen atoms in total. The van der Waals surface area contributed by atoms with Crippen LogP contribution in [0.5, 0.6) is 0 Å². The van der Waals surface area contributed by atoms with E-state index in [-0.39, 0.29) is 11.9 Å². The van der Waals surface area contributed by atoms with E-state index >= 15 is 0 Å². The van der Waals surface area contributed by atoms with Gasteiger partial charge in [-0.1, -0.05) is 0 Å². The number of carbonyl (C=O) groups is 1. The van der Waals surface area contributed by atoms with Crippen LogP contribution >= 0.6 is 15.9 Å². The van der Waals surface area contributed by atoms with Crippen molar-refractivity contribution in [2.24, 2.45) is 0 Å². The highest BCUT2D eigenvalue weighted by atomic mass is 79.9. The maximum Gasteiger partial charge on any atom is 0.268 e. The highest BCUT2D eigenvalue weighted by Gasteiger charge is 2.14. The van der Waals surface area contributed by atoms with E-state index in [1.165, 1.54) is 0 Å². The lowest BCUT2D eigenvalue weighted by atomic mass is 10.3. The topological polar surface area (TPSA) is 37.3 Å². The van der Waals surface area contributed by atoms with E-state index in [1.807, 2.05) is 35.8 Å². The lowest BCUT2D eigenvalue weighted by molar-refractivity contribution is 0.0940. The van der Waals surface area contributed by atoms with Gasteiger partial charge in [-0.05, 0) is 49.9 Å². The molecule has 5 heteroatoms. The highest BCUT2D eigenvalue weighted by molar-refractivity contribution is 9.10. The van der Waals surface area contributed by atoms with Gasteiger partial charge in [0.1, 0.15) is 5.69 Å². The fraction of sp³-hybridized carbons (Fsp3) is 0.583. The van der Waals surface area contributed by atoms with Crippen molar-refractivity contribution in [3.63, 3.8) is 0 Å². The zero-order valence-corrected chi connectivity index (χ0v) is 12.4. The molecule has 1 rings (SSSR count). The molecule has 0 bridgehead atoms. The number of carbonyl (C=O) groups excluding carboxylic acids is 1. The van der Waals surface area contributed by atoms with Crippen LogP contribution in [0.25, 0.3) is 0 Å². The summed E-state index contributed by atoms with van der Waals surface area (Å²) in [6.07, 6.45) is 1.94. The summed E-state index contributed by atoms with van der Waals surface area (Å²) in [7, 11) is 3.97. The number of nitrogens with zero attached hydrogens (tertiary/aromatic N) is 2. The maximum atomic E-state index is 12.0. The number of nitrogens with one attached hydrogen (secondary N) is 1. The van der Waals surface area contributed by atoms with Gasteiger partial charge in [0.2, 0.25) is 0 Å². The average molecular weight is 302 g/mol. The third-order valence-electron chi connectivity index (χ3n) is 2.45. The molecule has 0 unspecified atom stereocenters. The summed E-state index contributed by atoms with van der Waals surface area (Å²) in [6.45, 7) is 5.62. The van der Waals surface area contributed by atoms with Crippen LogP contribution in [0.15, 0.2) is 16.7 Å². The Morgan fingerprint density at radius 3 is 2.71 bits per heavy atom. The van der Waals surface area contributed by atoms with Gasteiger partial charge in [0, 0.05) is 29.8 Å². The third-order valence-corrected chi connectivity index (χ3v) is 2.88. The van der Waals surface area contributed by atoms with Crippen molar-refractivity contribution in [3.8, 4) is 0 Å². The fourth-order valence-corrected chi connectivity index (χ4v) is 1.98. The van der Waals surface area contributed by atoms with Gasteiger partial charge >= 0.3 is 0 Å². The van der Waals surface area contributed by atoms with Crippen LogP contribution in [0.4, 0.5) is 0 Å². The molecule has 1 aromatic rings. The summed E-state index contributed by atoms with van der Waals surface area (Å²) >= 11 is 3.40. The van der Waals surface area contributed by atoms with Gasteiger partial charge in [-0.15, -0.1) is 0 Å². The monoisotopic (exact) mass is 301 g/mol. The van der Waals surface area contributed by atoms with E-state index in [0.29, 0.717) is 12.2 Å². The number of aromatic nitrogens is 1. The molecule has 96 valence electrons. The number of amides is 1. The van der Waals surface area contributed by atoms with Crippen molar-refractivity contribution in [1.29, 1.82) is 0 Å². The van der Waals surface area contributed by atoms with Crippen LogP contribution < -0.4 is 5.32 Å². The standard InChI is InChI=1S/C12H20BrN3O/c1-9(2)16-8-10(13)7-11(16)12(17)14-5-6-15(3)4/h7-9H,5-6H2,1-4H3,(H,14,17). The van der Waals surface area contributed by atoms with E-state index in [0.717, 1.165) is 11.0 Å². The molecule has 0 atom stereocenters. The molecule has 0 saturated heterocycles. The van der Waals surface area contributed by atoms with Crippen LogP contribution in [-0.4, -0.2) is 42.6 Å². The largest absolute Gasteiger partial charge is 0.349 e. The Balaban J connectivity index is 2.68. The molecule has 0 fully saturated rings. The molecule has 1 aromatic heterocycles. The second-order valence-corrected chi connectivity index (χ2v) is 5.52. The first-order valence-corrected chi connectivity index (χ1v) is 6.51. The Morgan fingerprint density at radius 2 is 2.18 bits per heavy atom. The van der Waals surface area contributed by atoms with Crippen LogP contribution in [0.1, 0.15) is 30.4 Å². The number of hydrogen-bond donors (Lipinski definition) is 1. The molecular formula is C12H20BrN3O. The predicted molar refractivity (Wildman–Crippen MR) is 73.4 cm³/mol. The van der Waals surface area contributed by atoms with E-state index in [9.17, 15) is 4.79 Å². The zero-order valence-electron chi connectivity index (χ0n) is 10.8. The van der Waals surface area contributed by atoms with Gasteiger partial charge in [-0.2, -0.15) is 0 Å². The normalized spacial score (nSPS) is 11.2. The summed E-state index contributed by atoms with van der Waals surface area (Å²) in [5.41, 5.74) is 0.700. The Hall–Kier alpha value is -0.810. The minimum Gasteiger partial charge on any atom is -0.349 e. The van der Waals surface area contributed by atoms with Crippen molar-refractivity contribution < 1.29 is 4.79 Å². The van der Waals surface area contributed by atoms with Crippen molar-refractivity contribution >= 4 is 21.8 Å². The van der Waals surface area contributed by atoms with Gasteiger partial charge < -0.3 is 14.8 Å². The van der Waals surface area contributed by atoms with Crippen molar-refractivity contribution in [1.82, 2.24) is 14.8 Å². The molecule has 0 aliphatic carbocycles. The molecule has 1 amide bonds. The quantitative estimate of drug-likeness (QED) is 0.904. The molecule has 0 aromatic carbocycles. The fourth-order valence-electron chi connectivity index (χ4n) is 1.54. The number of halogens is 1. The molecule has 0 radical (unpaired) electrons. The molecule has 0 saturated carbocycles. The van der Waals surface area contributed by atoms with Gasteiger partial charge in [0.05, 0.1) is 0 Å². The Kier molecular flexibility index (Phi) is 5.21. The number of hydrogen-bond acceptors (Lipinski definition) is 2. The van der Waals surface area contributed by atoms with E-state index in [4.69, 9.17) is 0 Å². The molecule has 0 spiro atoms. The minimum atomic E-state index is -0.0220. The minimum absolute atomic E-state index is 0.0220. The van der Waals surface area contributed by atoms with Gasteiger partial charge in [0.15, 0.2) is 0 Å². The summed E-state index contributed by atoms with van der Waals surface area (Å²) in [5.74, 6) is -0.0220. The number of rotatable bonds is 5. The third kappa shape index (κ3) is 4.16. The van der Waals surface area contributed by atoms with Crippen LogP contribution in [0, 0.1) is 0 Å². The summed E-state index contributed by atoms with van der Waals surface area (Å²) in [6, 6.07) is 2.13. The predicted octanol–water partition coefficient (Wildman–Crippen LogP) is 2.12. The lowest BCUT2D eigenvalue weighted by Crippen LogP contribution is -2.32. The molecule has 1 heterocycles. The van der Waals surface area contributed by atoms with Crippen molar-refractivity contribution in [2.45, 2.75) is 19.9 Å². The molecule has 0 aliphatic heterocycles. The zero-order chi connectivity index (χ0) is 13.0.